The molecular weight excluding hydrogens is 432 g/mol. The van der Waals surface area contributed by atoms with Gasteiger partial charge in [-0.25, -0.2) is 13.4 Å². The van der Waals surface area contributed by atoms with Crippen molar-refractivity contribution in [2.24, 2.45) is 0 Å². The Balaban J connectivity index is 1.40. The van der Waals surface area contributed by atoms with Crippen LogP contribution < -0.4 is 5.32 Å². The van der Waals surface area contributed by atoms with Crippen LogP contribution >= 0.6 is 11.3 Å². The van der Waals surface area contributed by atoms with Gasteiger partial charge in [0.2, 0.25) is 15.9 Å². The zero-order valence-corrected chi connectivity index (χ0v) is 18.3. The van der Waals surface area contributed by atoms with Crippen LogP contribution in [0.5, 0.6) is 0 Å². The monoisotopic (exact) mass is 452 g/mol. The van der Waals surface area contributed by atoms with Gasteiger partial charge in [-0.3, -0.25) is 4.79 Å². The van der Waals surface area contributed by atoms with Gasteiger partial charge in [0.25, 0.3) is 0 Å². The number of aromatic nitrogens is 2. The third-order valence-electron chi connectivity index (χ3n) is 4.65. The van der Waals surface area contributed by atoms with E-state index in [9.17, 15) is 13.2 Å². The summed E-state index contributed by atoms with van der Waals surface area (Å²) in [5, 5.41) is 7.08. The molecule has 2 aromatic heterocycles. The van der Waals surface area contributed by atoms with Crippen LogP contribution in [0.2, 0.25) is 0 Å². The zero-order chi connectivity index (χ0) is 21.8. The molecule has 0 saturated heterocycles. The molecule has 0 bridgehead atoms. The number of hydrogen-bond acceptors (Lipinski definition) is 5. The van der Waals surface area contributed by atoms with E-state index < -0.39 is 15.9 Å². The number of thiazole rings is 1. The Morgan fingerprint density at radius 2 is 1.90 bits per heavy atom. The summed E-state index contributed by atoms with van der Waals surface area (Å²) in [6.07, 6.45) is 3.38. The second-order valence-electron chi connectivity index (χ2n) is 6.85. The van der Waals surface area contributed by atoms with E-state index in [0.29, 0.717) is 5.13 Å². The minimum atomic E-state index is -3.73. The van der Waals surface area contributed by atoms with E-state index >= 15 is 0 Å². The van der Waals surface area contributed by atoms with Gasteiger partial charge in [0.15, 0.2) is 5.13 Å². The lowest BCUT2D eigenvalue weighted by Gasteiger charge is -2.13. The molecule has 4 rings (SSSR count). The van der Waals surface area contributed by atoms with Crippen LogP contribution in [0.4, 0.5) is 5.13 Å². The van der Waals surface area contributed by atoms with E-state index in [1.165, 1.54) is 24.5 Å². The van der Waals surface area contributed by atoms with E-state index in [1.54, 1.807) is 12.1 Å². The fourth-order valence-electron chi connectivity index (χ4n) is 3.02. The molecule has 0 atom stereocenters. The van der Waals surface area contributed by atoms with E-state index in [2.05, 4.69) is 15.3 Å². The van der Waals surface area contributed by atoms with Gasteiger partial charge in [0.1, 0.15) is 0 Å². The first-order valence-corrected chi connectivity index (χ1v) is 11.8. The number of H-pyrrole nitrogens is 1. The minimum absolute atomic E-state index is 0.316. The molecule has 0 unspecified atom stereocenters. The molecule has 2 N–H and O–H groups in total. The summed E-state index contributed by atoms with van der Waals surface area (Å²) in [6, 6.07) is 17.0. The summed E-state index contributed by atoms with van der Waals surface area (Å²) < 4.78 is 25.8. The smallest absolute Gasteiger partial charge is 0.241 e. The predicted molar refractivity (Wildman–Crippen MR) is 125 cm³/mol. The molecule has 0 aliphatic rings. The Hall–Kier alpha value is -3.27. The summed E-state index contributed by atoms with van der Waals surface area (Å²) in [7, 11) is -2.37. The molecule has 0 fully saturated rings. The number of rotatable bonds is 7. The average molecular weight is 453 g/mol. The Kier molecular flexibility index (Phi) is 5.99. The fraction of sp³-hybridized carbons (Fsp3) is 0.0909. The first-order valence-electron chi connectivity index (χ1n) is 9.44. The topological polar surface area (TPSA) is 95.2 Å². The highest BCUT2D eigenvalue weighted by atomic mass is 32.2. The molecule has 0 saturated carbocycles. The van der Waals surface area contributed by atoms with Gasteiger partial charge in [0, 0.05) is 40.5 Å². The Morgan fingerprint density at radius 3 is 2.71 bits per heavy atom. The summed E-state index contributed by atoms with van der Waals surface area (Å²) >= 11 is 1.29. The van der Waals surface area contributed by atoms with Crippen molar-refractivity contribution in [3.05, 3.63) is 77.1 Å². The van der Waals surface area contributed by atoms with Crippen LogP contribution in [0.3, 0.4) is 0 Å². The molecule has 9 heteroatoms. The standard InChI is InChI=1S/C22H20N4O3S2/c1-26(31(28,29)12-11-16-7-3-2-4-8-16)14-21(27)25-22-24-20(15-30-22)18-13-23-19-10-6-5-9-17(18)19/h2-13,15,23H,14H2,1H3,(H,24,25,27)/b12-11+. The van der Waals surface area contributed by atoms with Crippen molar-refractivity contribution in [2.45, 2.75) is 0 Å². The Labute approximate surface area is 184 Å². The minimum Gasteiger partial charge on any atom is -0.360 e. The van der Waals surface area contributed by atoms with E-state index in [4.69, 9.17) is 0 Å². The highest BCUT2D eigenvalue weighted by Crippen LogP contribution is 2.30. The molecule has 0 aliphatic heterocycles. The Bertz CT molecular complexity index is 1340. The number of sulfonamides is 1. The third-order valence-corrected chi connectivity index (χ3v) is 6.88. The van der Waals surface area contributed by atoms with Crippen molar-refractivity contribution in [2.75, 3.05) is 18.9 Å². The molecule has 2 aromatic carbocycles. The van der Waals surface area contributed by atoms with Crippen molar-refractivity contribution in [3.63, 3.8) is 0 Å². The molecule has 0 radical (unpaired) electrons. The summed E-state index contributed by atoms with van der Waals surface area (Å²) in [4.78, 5) is 20.0. The van der Waals surface area contributed by atoms with Gasteiger partial charge in [-0.15, -0.1) is 11.3 Å². The number of likely N-dealkylation sites (N-methyl/N-ethyl adjacent to an activating group) is 1. The maximum absolute atomic E-state index is 12.4. The SMILES string of the molecule is CN(CC(=O)Nc1nc(-c2c[nH]c3ccccc23)cs1)S(=O)(=O)/C=C/c1ccccc1. The molecule has 0 aliphatic carbocycles. The van der Waals surface area contributed by atoms with Crippen LogP contribution in [0.15, 0.2) is 71.6 Å². The Morgan fingerprint density at radius 1 is 1.16 bits per heavy atom. The van der Waals surface area contributed by atoms with Gasteiger partial charge in [-0.2, -0.15) is 4.31 Å². The fourth-order valence-corrected chi connectivity index (χ4v) is 4.58. The highest BCUT2D eigenvalue weighted by Gasteiger charge is 2.19. The number of carbonyl (C=O) groups excluding carboxylic acids is 1. The zero-order valence-electron chi connectivity index (χ0n) is 16.6. The second-order valence-corrected chi connectivity index (χ2v) is 9.63. The number of nitrogens with one attached hydrogen (secondary N) is 2. The maximum Gasteiger partial charge on any atom is 0.241 e. The summed E-state index contributed by atoms with van der Waals surface area (Å²) in [6.45, 7) is -0.316. The number of benzene rings is 2. The van der Waals surface area contributed by atoms with Crippen LogP contribution in [0.1, 0.15) is 5.56 Å². The lowest BCUT2D eigenvalue weighted by molar-refractivity contribution is -0.116. The number of nitrogens with zero attached hydrogens (tertiary/aromatic N) is 2. The molecular formula is C22H20N4O3S2. The van der Waals surface area contributed by atoms with Crippen LogP contribution in [0.25, 0.3) is 28.2 Å². The van der Waals surface area contributed by atoms with Gasteiger partial charge >= 0.3 is 0 Å². The molecule has 2 heterocycles. The lowest BCUT2D eigenvalue weighted by atomic mass is 10.1. The van der Waals surface area contributed by atoms with E-state index in [1.807, 2.05) is 54.0 Å². The van der Waals surface area contributed by atoms with E-state index in [-0.39, 0.29) is 6.54 Å². The largest absolute Gasteiger partial charge is 0.360 e. The molecule has 4 aromatic rings. The van der Waals surface area contributed by atoms with Gasteiger partial charge < -0.3 is 10.3 Å². The summed E-state index contributed by atoms with van der Waals surface area (Å²) in [5.41, 5.74) is 3.45. The molecule has 7 nitrogen and oxygen atoms in total. The first kappa shape index (κ1) is 21.0. The highest BCUT2D eigenvalue weighted by molar-refractivity contribution is 7.92. The number of aromatic amines is 1. The third kappa shape index (κ3) is 4.91. The normalized spacial score (nSPS) is 12.1. The number of anilines is 1. The number of amides is 1. The number of hydrogen-bond donors (Lipinski definition) is 2. The van der Waals surface area contributed by atoms with Crippen molar-refractivity contribution in [3.8, 4) is 11.3 Å². The van der Waals surface area contributed by atoms with Crippen molar-refractivity contribution in [1.29, 1.82) is 0 Å². The summed E-state index contributed by atoms with van der Waals surface area (Å²) in [5.74, 6) is -0.459. The first-order chi connectivity index (χ1) is 14.9. The van der Waals surface area contributed by atoms with Gasteiger partial charge in [-0.1, -0.05) is 48.5 Å². The van der Waals surface area contributed by atoms with Gasteiger partial charge in [-0.05, 0) is 17.7 Å². The van der Waals surface area contributed by atoms with Crippen LogP contribution in [-0.2, 0) is 14.8 Å². The molecule has 158 valence electrons. The number of para-hydroxylation sites is 1. The molecule has 0 spiro atoms. The molecule has 1 amide bonds. The quantitative estimate of drug-likeness (QED) is 0.440. The average Bonchev–Trinajstić information content (AvgIpc) is 3.39. The lowest BCUT2D eigenvalue weighted by Crippen LogP contribution is -2.33. The van der Waals surface area contributed by atoms with Crippen LogP contribution in [-0.4, -0.2) is 42.2 Å². The molecule has 31 heavy (non-hydrogen) atoms. The van der Waals surface area contributed by atoms with Crippen molar-refractivity contribution < 1.29 is 13.2 Å². The predicted octanol–water partition coefficient (Wildman–Crippen LogP) is 4.16. The maximum atomic E-state index is 12.4. The number of fused-ring (bicyclic) bond motifs is 1. The van der Waals surface area contributed by atoms with Crippen molar-refractivity contribution >= 4 is 49.4 Å². The van der Waals surface area contributed by atoms with Crippen molar-refractivity contribution in [1.82, 2.24) is 14.3 Å². The van der Waals surface area contributed by atoms with Crippen LogP contribution in [0, 0.1) is 0 Å². The van der Waals surface area contributed by atoms with E-state index in [0.717, 1.165) is 37.4 Å². The number of carbonyl (C=O) groups is 1. The second kappa shape index (κ2) is 8.84. The van der Waals surface area contributed by atoms with Gasteiger partial charge in [0.05, 0.1) is 12.2 Å².